The summed E-state index contributed by atoms with van der Waals surface area (Å²) in [5, 5.41) is 12.7. The van der Waals surface area contributed by atoms with Crippen LogP contribution in [0, 0.1) is 0 Å². The van der Waals surface area contributed by atoms with Crippen molar-refractivity contribution in [3.63, 3.8) is 0 Å². The van der Waals surface area contributed by atoms with Crippen molar-refractivity contribution < 1.29 is 4.79 Å². The molecule has 0 saturated carbocycles. The van der Waals surface area contributed by atoms with Crippen molar-refractivity contribution in [3.05, 3.63) is 81.8 Å². The standard InChI is InChI=1S/C22H18Cl2N4O/c1-13(2)14-3-7-17(8-4-14)28-26-20-10-6-16(12-21(20)27-28)25-22(29)18-9-5-15(23)11-19(18)24/h3-13H,1-2H3,(H,25,29). The topological polar surface area (TPSA) is 59.8 Å². The van der Waals surface area contributed by atoms with E-state index >= 15 is 0 Å². The van der Waals surface area contributed by atoms with Gasteiger partial charge in [-0.3, -0.25) is 4.79 Å². The molecule has 7 heteroatoms. The first-order valence-corrected chi connectivity index (χ1v) is 9.90. The molecule has 5 nitrogen and oxygen atoms in total. The molecule has 4 aromatic rings. The lowest BCUT2D eigenvalue weighted by molar-refractivity contribution is 0.102. The summed E-state index contributed by atoms with van der Waals surface area (Å²) in [6.07, 6.45) is 0. The van der Waals surface area contributed by atoms with Crippen molar-refractivity contribution in [2.45, 2.75) is 19.8 Å². The monoisotopic (exact) mass is 424 g/mol. The molecule has 0 aliphatic heterocycles. The number of anilines is 1. The van der Waals surface area contributed by atoms with Crippen molar-refractivity contribution in [1.82, 2.24) is 15.0 Å². The Morgan fingerprint density at radius 3 is 2.34 bits per heavy atom. The normalized spacial score (nSPS) is 11.2. The Morgan fingerprint density at radius 1 is 0.931 bits per heavy atom. The van der Waals surface area contributed by atoms with Crippen LogP contribution in [0.25, 0.3) is 16.7 Å². The predicted octanol–water partition coefficient (Wildman–Crippen LogP) is 6.10. The van der Waals surface area contributed by atoms with Gasteiger partial charge >= 0.3 is 0 Å². The van der Waals surface area contributed by atoms with E-state index < -0.39 is 0 Å². The maximum absolute atomic E-state index is 12.5. The summed E-state index contributed by atoms with van der Waals surface area (Å²) in [6, 6.07) is 18.3. The van der Waals surface area contributed by atoms with Gasteiger partial charge in [0.15, 0.2) is 0 Å². The van der Waals surface area contributed by atoms with Crippen LogP contribution in [0.5, 0.6) is 0 Å². The fourth-order valence-electron chi connectivity index (χ4n) is 2.97. The van der Waals surface area contributed by atoms with Crippen LogP contribution < -0.4 is 5.32 Å². The molecule has 1 N–H and O–H groups in total. The first-order chi connectivity index (χ1) is 13.9. The second-order valence-electron chi connectivity index (χ2n) is 7.02. The van der Waals surface area contributed by atoms with Gasteiger partial charge in [-0.1, -0.05) is 49.2 Å². The fraction of sp³-hybridized carbons (Fsp3) is 0.136. The molecule has 0 aliphatic rings. The number of fused-ring (bicyclic) bond motifs is 1. The van der Waals surface area contributed by atoms with E-state index in [1.807, 2.05) is 18.2 Å². The van der Waals surface area contributed by atoms with Gasteiger partial charge in [-0.15, -0.1) is 10.2 Å². The zero-order valence-corrected chi connectivity index (χ0v) is 17.4. The second kappa shape index (κ2) is 7.85. The number of hydrogen-bond acceptors (Lipinski definition) is 3. The molecule has 29 heavy (non-hydrogen) atoms. The van der Waals surface area contributed by atoms with Gasteiger partial charge in [0.25, 0.3) is 5.91 Å². The van der Waals surface area contributed by atoms with Crippen molar-refractivity contribution >= 4 is 45.8 Å². The smallest absolute Gasteiger partial charge is 0.257 e. The summed E-state index contributed by atoms with van der Waals surface area (Å²) >= 11 is 12.0. The van der Waals surface area contributed by atoms with E-state index in [0.29, 0.717) is 32.7 Å². The molecular weight excluding hydrogens is 407 g/mol. The summed E-state index contributed by atoms with van der Waals surface area (Å²) in [6.45, 7) is 4.31. The molecule has 146 valence electrons. The maximum Gasteiger partial charge on any atom is 0.257 e. The number of nitrogens with one attached hydrogen (secondary N) is 1. The molecule has 0 bridgehead atoms. The van der Waals surface area contributed by atoms with Crippen LogP contribution in [0.2, 0.25) is 10.0 Å². The lowest BCUT2D eigenvalue weighted by atomic mass is 10.0. The minimum atomic E-state index is -0.317. The van der Waals surface area contributed by atoms with Crippen LogP contribution in [0.3, 0.4) is 0 Å². The van der Waals surface area contributed by atoms with E-state index in [1.54, 1.807) is 29.1 Å². The Labute approximate surface area is 178 Å². The zero-order valence-electron chi connectivity index (χ0n) is 15.9. The Bertz CT molecular complexity index is 1200. The molecule has 0 radical (unpaired) electrons. The predicted molar refractivity (Wildman–Crippen MR) is 117 cm³/mol. The van der Waals surface area contributed by atoms with Crippen molar-refractivity contribution in [2.75, 3.05) is 5.32 Å². The van der Waals surface area contributed by atoms with Crippen molar-refractivity contribution in [1.29, 1.82) is 0 Å². The highest BCUT2D eigenvalue weighted by Crippen LogP contribution is 2.23. The number of aromatic nitrogens is 3. The van der Waals surface area contributed by atoms with Gasteiger partial charge in [0.2, 0.25) is 0 Å². The quantitative estimate of drug-likeness (QED) is 0.430. The van der Waals surface area contributed by atoms with Gasteiger partial charge in [-0.05, 0) is 60.0 Å². The maximum atomic E-state index is 12.5. The highest BCUT2D eigenvalue weighted by atomic mass is 35.5. The Morgan fingerprint density at radius 2 is 1.66 bits per heavy atom. The average molecular weight is 425 g/mol. The average Bonchev–Trinajstić information content (AvgIpc) is 3.11. The third-order valence-corrected chi connectivity index (χ3v) is 5.15. The number of carbonyl (C=O) groups is 1. The van der Waals surface area contributed by atoms with Gasteiger partial charge in [0.1, 0.15) is 11.0 Å². The number of carbonyl (C=O) groups excluding carboxylic acids is 1. The number of nitrogens with zero attached hydrogens (tertiary/aromatic N) is 3. The molecule has 0 aliphatic carbocycles. The van der Waals surface area contributed by atoms with Crippen molar-refractivity contribution in [2.24, 2.45) is 0 Å². The van der Waals surface area contributed by atoms with Crippen LogP contribution in [-0.2, 0) is 0 Å². The fourth-order valence-corrected chi connectivity index (χ4v) is 3.47. The van der Waals surface area contributed by atoms with Crippen LogP contribution in [-0.4, -0.2) is 20.9 Å². The first kappa shape index (κ1) is 19.4. The van der Waals surface area contributed by atoms with Crippen LogP contribution in [0.4, 0.5) is 5.69 Å². The number of benzene rings is 3. The Balaban J connectivity index is 1.59. The second-order valence-corrected chi connectivity index (χ2v) is 7.86. The first-order valence-electron chi connectivity index (χ1n) is 9.14. The minimum Gasteiger partial charge on any atom is -0.322 e. The van der Waals surface area contributed by atoms with E-state index in [0.717, 1.165) is 11.2 Å². The highest BCUT2D eigenvalue weighted by molar-refractivity contribution is 6.37. The molecular formula is C22H18Cl2N4O. The molecule has 4 rings (SSSR count). The molecule has 0 atom stereocenters. The van der Waals surface area contributed by atoms with E-state index in [9.17, 15) is 4.79 Å². The summed E-state index contributed by atoms with van der Waals surface area (Å²) in [4.78, 5) is 14.1. The molecule has 0 spiro atoms. The molecule has 0 fully saturated rings. The van der Waals surface area contributed by atoms with E-state index in [2.05, 4.69) is 41.5 Å². The van der Waals surface area contributed by atoms with Crippen LogP contribution >= 0.6 is 23.2 Å². The molecule has 1 amide bonds. The van der Waals surface area contributed by atoms with E-state index in [4.69, 9.17) is 23.2 Å². The lowest BCUT2D eigenvalue weighted by Crippen LogP contribution is -2.12. The van der Waals surface area contributed by atoms with Gasteiger partial charge in [0.05, 0.1) is 16.3 Å². The summed E-state index contributed by atoms with van der Waals surface area (Å²) in [5.41, 5.74) is 4.51. The number of hydrogen-bond donors (Lipinski definition) is 1. The van der Waals surface area contributed by atoms with E-state index in [-0.39, 0.29) is 5.91 Å². The zero-order chi connectivity index (χ0) is 20.5. The van der Waals surface area contributed by atoms with E-state index in [1.165, 1.54) is 11.6 Å². The molecule has 0 saturated heterocycles. The largest absolute Gasteiger partial charge is 0.322 e. The number of halogens is 2. The number of rotatable bonds is 4. The number of amides is 1. The Hall–Kier alpha value is -2.89. The lowest BCUT2D eigenvalue weighted by Gasteiger charge is -2.06. The molecule has 1 aromatic heterocycles. The summed E-state index contributed by atoms with van der Waals surface area (Å²) in [7, 11) is 0. The third kappa shape index (κ3) is 4.11. The molecule has 0 unspecified atom stereocenters. The van der Waals surface area contributed by atoms with Crippen molar-refractivity contribution in [3.8, 4) is 5.69 Å². The Kier molecular flexibility index (Phi) is 5.26. The van der Waals surface area contributed by atoms with Gasteiger partial charge in [-0.2, -0.15) is 4.80 Å². The van der Waals surface area contributed by atoms with Crippen LogP contribution in [0.15, 0.2) is 60.7 Å². The van der Waals surface area contributed by atoms with Gasteiger partial charge in [0, 0.05) is 10.7 Å². The van der Waals surface area contributed by atoms with Gasteiger partial charge in [-0.25, -0.2) is 0 Å². The summed E-state index contributed by atoms with van der Waals surface area (Å²) < 4.78 is 0. The van der Waals surface area contributed by atoms with Crippen LogP contribution in [0.1, 0.15) is 35.7 Å². The third-order valence-electron chi connectivity index (χ3n) is 4.60. The highest BCUT2D eigenvalue weighted by Gasteiger charge is 2.12. The van der Waals surface area contributed by atoms with Gasteiger partial charge < -0.3 is 5.32 Å². The minimum absolute atomic E-state index is 0.298. The molecule has 3 aromatic carbocycles. The summed E-state index contributed by atoms with van der Waals surface area (Å²) in [5.74, 6) is 0.150. The SMILES string of the molecule is CC(C)c1ccc(-n2nc3ccc(NC(=O)c4ccc(Cl)cc4Cl)cc3n2)cc1. The molecule has 1 heterocycles.